The predicted molar refractivity (Wildman–Crippen MR) is 47.7 cm³/mol. The number of nitrogens with one attached hydrogen (secondary N) is 1. The van der Waals surface area contributed by atoms with E-state index in [1.807, 2.05) is 18.2 Å². The summed E-state index contributed by atoms with van der Waals surface area (Å²) in [7, 11) is 1.75. The molecule has 1 saturated heterocycles. The van der Waals surface area contributed by atoms with Crippen LogP contribution in [0, 0.1) is 0 Å². The number of methoxy groups -OCH3 is 1. The maximum atomic E-state index is 5.45. The van der Waals surface area contributed by atoms with Gasteiger partial charge in [0.15, 0.2) is 0 Å². The number of ether oxygens (including phenoxy) is 1. The molecule has 0 aliphatic carbocycles. The summed E-state index contributed by atoms with van der Waals surface area (Å²) in [6.07, 6.45) is 1.06. The van der Waals surface area contributed by atoms with Gasteiger partial charge in [0, 0.05) is 20.1 Å². The van der Waals surface area contributed by atoms with E-state index in [1.54, 1.807) is 7.11 Å². The van der Waals surface area contributed by atoms with Gasteiger partial charge in [0.1, 0.15) is 5.72 Å². The highest BCUT2D eigenvalue weighted by atomic mass is 16.5. The average Bonchev–Trinajstić information content (AvgIpc) is 2.05. The molecule has 0 amide bonds. The molecule has 1 atom stereocenters. The third kappa shape index (κ3) is 1.04. The van der Waals surface area contributed by atoms with Gasteiger partial charge in [-0.05, 0) is 5.56 Å². The number of benzene rings is 1. The lowest BCUT2D eigenvalue weighted by Gasteiger charge is -2.42. The molecular formula is C10H13NO. The van der Waals surface area contributed by atoms with E-state index in [4.69, 9.17) is 4.74 Å². The quantitative estimate of drug-likeness (QED) is 0.713. The summed E-state index contributed by atoms with van der Waals surface area (Å²) in [5, 5.41) is 3.30. The van der Waals surface area contributed by atoms with Crippen LogP contribution in [0.15, 0.2) is 30.3 Å². The van der Waals surface area contributed by atoms with Crippen LogP contribution in [0.5, 0.6) is 0 Å². The van der Waals surface area contributed by atoms with Crippen molar-refractivity contribution in [1.82, 2.24) is 5.32 Å². The second-order valence-electron chi connectivity index (χ2n) is 3.07. The van der Waals surface area contributed by atoms with Gasteiger partial charge in [-0.2, -0.15) is 0 Å². The zero-order valence-corrected chi connectivity index (χ0v) is 7.21. The smallest absolute Gasteiger partial charge is 0.146 e. The van der Waals surface area contributed by atoms with Gasteiger partial charge >= 0.3 is 0 Å². The van der Waals surface area contributed by atoms with Gasteiger partial charge in [-0.15, -0.1) is 0 Å². The van der Waals surface area contributed by atoms with E-state index in [0.717, 1.165) is 13.0 Å². The van der Waals surface area contributed by atoms with E-state index in [9.17, 15) is 0 Å². The first-order chi connectivity index (χ1) is 5.87. The Morgan fingerprint density at radius 1 is 1.33 bits per heavy atom. The van der Waals surface area contributed by atoms with E-state index in [-0.39, 0.29) is 5.72 Å². The molecule has 64 valence electrons. The fraction of sp³-hybridized carbons (Fsp3) is 0.400. The van der Waals surface area contributed by atoms with Crippen LogP contribution >= 0.6 is 0 Å². The highest BCUT2D eigenvalue weighted by Crippen LogP contribution is 2.31. The van der Waals surface area contributed by atoms with E-state index in [1.165, 1.54) is 5.56 Å². The molecule has 0 spiro atoms. The summed E-state index contributed by atoms with van der Waals surface area (Å²) in [4.78, 5) is 0. The third-order valence-electron chi connectivity index (χ3n) is 2.48. The lowest BCUT2D eigenvalue weighted by atomic mass is 9.93. The summed E-state index contributed by atoms with van der Waals surface area (Å²) < 4.78 is 5.45. The Kier molecular flexibility index (Phi) is 1.87. The number of rotatable bonds is 2. The van der Waals surface area contributed by atoms with Crippen molar-refractivity contribution in [3.8, 4) is 0 Å². The molecule has 1 fully saturated rings. The Morgan fingerprint density at radius 2 is 2.00 bits per heavy atom. The number of hydrogen-bond acceptors (Lipinski definition) is 2. The Hall–Kier alpha value is -0.860. The third-order valence-corrected chi connectivity index (χ3v) is 2.48. The Morgan fingerprint density at radius 3 is 2.42 bits per heavy atom. The lowest BCUT2D eigenvalue weighted by molar-refractivity contribution is -0.0971. The standard InChI is InChI=1S/C10H13NO/c1-12-10(7-8-11-10)9-5-3-2-4-6-9/h2-6,11H,7-8H2,1H3. The molecule has 1 aromatic carbocycles. The molecule has 0 radical (unpaired) electrons. The van der Waals surface area contributed by atoms with Crippen LogP contribution in [0.3, 0.4) is 0 Å². The molecule has 0 aromatic heterocycles. The van der Waals surface area contributed by atoms with E-state index >= 15 is 0 Å². The van der Waals surface area contributed by atoms with Crippen molar-refractivity contribution in [2.24, 2.45) is 0 Å². The maximum absolute atomic E-state index is 5.45. The van der Waals surface area contributed by atoms with Crippen molar-refractivity contribution in [3.05, 3.63) is 35.9 Å². The van der Waals surface area contributed by atoms with Crippen molar-refractivity contribution in [2.45, 2.75) is 12.1 Å². The molecule has 12 heavy (non-hydrogen) atoms. The fourth-order valence-electron chi connectivity index (χ4n) is 1.60. The van der Waals surface area contributed by atoms with Crippen molar-refractivity contribution >= 4 is 0 Å². The van der Waals surface area contributed by atoms with Gasteiger partial charge < -0.3 is 4.74 Å². The summed E-state index contributed by atoms with van der Waals surface area (Å²) in [6, 6.07) is 10.3. The van der Waals surface area contributed by atoms with Crippen molar-refractivity contribution in [1.29, 1.82) is 0 Å². The van der Waals surface area contributed by atoms with Gasteiger partial charge in [-0.1, -0.05) is 30.3 Å². The first-order valence-electron chi connectivity index (χ1n) is 4.23. The van der Waals surface area contributed by atoms with E-state index in [2.05, 4.69) is 17.4 Å². The monoisotopic (exact) mass is 163 g/mol. The molecule has 0 bridgehead atoms. The van der Waals surface area contributed by atoms with Crippen LogP contribution in [-0.4, -0.2) is 13.7 Å². The van der Waals surface area contributed by atoms with Gasteiger partial charge in [0.25, 0.3) is 0 Å². The van der Waals surface area contributed by atoms with Gasteiger partial charge in [-0.3, -0.25) is 5.32 Å². The molecule has 1 aromatic rings. The minimum Gasteiger partial charge on any atom is -0.360 e. The lowest BCUT2D eigenvalue weighted by Crippen LogP contribution is -2.55. The second kappa shape index (κ2) is 2.88. The molecule has 0 saturated carbocycles. The molecule has 2 nitrogen and oxygen atoms in total. The zero-order valence-electron chi connectivity index (χ0n) is 7.21. The second-order valence-corrected chi connectivity index (χ2v) is 3.07. The van der Waals surface area contributed by atoms with Crippen LogP contribution in [0.2, 0.25) is 0 Å². The molecule has 1 aliphatic rings. The van der Waals surface area contributed by atoms with Crippen LogP contribution < -0.4 is 5.32 Å². The molecule has 1 heterocycles. The Balaban J connectivity index is 2.28. The van der Waals surface area contributed by atoms with E-state index < -0.39 is 0 Å². The Bertz CT molecular complexity index is 248. The molecule has 1 unspecified atom stereocenters. The van der Waals surface area contributed by atoms with Crippen molar-refractivity contribution in [3.63, 3.8) is 0 Å². The first-order valence-corrected chi connectivity index (χ1v) is 4.23. The van der Waals surface area contributed by atoms with Crippen LogP contribution in [0.1, 0.15) is 12.0 Å². The first kappa shape index (κ1) is 7.77. The highest BCUT2D eigenvalue weighted by molar-refractivity contribution is 5.24. The molecule has 2 rings (SSSR count). The summed E-state index contributed by atoms with van der Waals surface area (Å²) >= 11 is 0. The van der Waals surface area contributed by atoms with Gasteiger partial charge in [0.2, 0.25) is 0 Å². The average molecular weight is 163 g/mol. The summed E-state index contributed by atoms with van der Waals surface area (Å²) in [5.41, 5.74) is 1.03. The molecular weight excluding hydrogens is 150 g/mol. The number of hydrogen-bond donors (Lipinski definition) is 1. The van der Waals surface area contributed by atoms with Gasteiger partial charge in [0.05, 0.1) is 0 Å². The fourth-order valence-corrected chi connectivity index (χ4v) is 1.60. The molecule has 2 heteroatoms. The van der Waals surface area contributed by atoms with Gasteiger partial charge in [-0.25, -0.2) is 0 Å². The van der Waals surface area contributed by atoms with Crippen LogP contribution in [0.4, 0.5) is 0 Å². The van der Waals surface area contributed by atoms with Crippen molar-refractivity contribution < 1.29 is 4.74 Å². The zero-order chi connectivity index (χ0) is 8.44. The highest BCUT2D eigenvalue weighted by Gasteiger charge is 2.37. The van der Waals surface area contributed by atoms with Crippen molar-refractivity contribution in [2.75, 3.05) is 13.7 Å². The minimum atomic E-state index is -0.193. The topological polar surface area (TPSA) is 21.3 Å². The molecule has 1 aliphatic heterocycles. The summed E-state index contributed by atoms with van der Waals surface area (Å²) in [5.74, 6) is 0. The normalized spacial score (nSPS) is 28.1. The minimum absolute atomic E-state index is 0.193. The van der Waals surface area contributed by atoms with E-state index in [0.29, 0.717) is 0 Å². The summed E-state index contributed by atoms with van der Waals surface area (Å²) in [6.45, 7) is 1.04. The predicted octanol–water partition coefficient (Wildman–Crippen LogP) is 1.48. The maximum Gasteiger partial charge on any atom is 0.146 e. The largest absolute Gasteiger partial charge is 0.360 e. The van der Waals surface area contributed by atoms with Crippen LogP contribution in [0.25, 0.3) is 0 Å². The Labute approximate surface area is 72.5 Å². The SMILES string of the molecule is COC1(c2ccccc2)CCN1. The molecule has 1 N–H and O–H groups in total. The van der Waals surface area contributed by atoms with Crippen LogP contribution in [-0.2, 0) is 10.5 Å².